The molecule has 0 radical (unpaired) electrons. The minimum absolute atomic E-state index is 0.0400. The van der Waals surface area contributed by atoms with Crippen molar-refractivity contribution in [3.63, 3.8) is 0 Å². The Bertz CT molecular complexity index is 454. The van der Waals surface area contributed by atoms with Gasteiger partial charge in [-0.05, 0) is 37.5 Å². The predicted molar refractivity (Wildman–Crippen MR) is 66.2 cm³/mol. The molecule has 1 rings (SSSR count). The fourth-order valence-electron chi connectivity index (χ4n) is 1.50. The Kier molecular flexibility index (Phi) is 5.97. The first-order chi connectivity index (χ1) is 8.99. The lowest BCUT2D eigenvalue weighted by Gasteiger charge is -2.14. The van der Waals surface area contributed by atoms with Crippen molar-refractivity contribution in [1.82, 2.24) is 0 Å². The van der Waals surface area contributed by atoms with E-state index < -0.39 is 11.7 Å². The molecule has 0 heterocycles. The molecule has 0 saturated carbocycles. The molecule has 1 aromatic carbocycles. The summed E-state index contributed by atoms with van der Waals surface area (Å²) in [5.74, 6) is 0.294. The number of nitriles is 1. The molecule has 0 aromatic heterocycles. The summed E-state index contributed by atoms with van der Waals surface area (Å²) in [6, 6.07) is 4.97. The van der Waals surface area contributed by atoms with Crippen LogP contribution in [0.5, 0.6) is 5.75 Å². The lowest BCUT2D eigenvalue weighted by molar-refractivity contribution is -0.139. The zero-order chi connectivity index (χ0) is 14.3. The summed E-state index contributed by atoms with van der Waals surface area (Å²) in [6.07, 6.45) is -2.27. The zero-order valence-electron chi connectivity index (χ0n) is 10.1. The summed E-state index contributed by atoms with van der Waals surface area (Å²) >= 11 is 5.50. The average Bonchev–Trinajstić information content (AvgIpc) is 2.37. The molecule has 1 aromatic rings. The van der Waals surface area contributed by atoms with Crippen molar-refractivity contribution < 1.29 is 17.9 Å². The lowest BCUT2D eigenvalue weighted by Crippen LogP contribution is -2.10. The van der Waals surface area contributed by atoms with Crippen LogP contribution in [-0.2, 0) is 6.18 Å². The highest BCUT2D eigenvalue weighted by molar-refractivity contribution is 6.17. The van der Waals surface area contributed by atoms with Crippen molar-refractivity contribution >= 4 is 11.6 Å². The van der Waals surface area contributed by atoms with Gasteiger partial charge >= 0.3 is 6.18 Å². The number of benzene rings is 1. The molecule has 0 aliphatic heterocycles. The summed E-state index contributed by atoms with van der Waals surface area (Å²) in [5, 5.41) is 8.62. The van der Waals surface area contributed by atoms with Crippen molar-refractivity contribution in [2.45, 2.75) is 25.4 Å². The number of halogens is 4. The van der Waals surface area contributed by atoms with Crippen LogP contribution in [0.1, 0.15) is 30.4 Å². The molecule has 0 amide bonds. The second-order valence-electron chi connectivity index (χ2n) is 3.92. The Morgan fingerprint density at radius 3 is 2.53 bits per heavy atom. The van der Waals surface area contributed by atoms with E-state index in [1.165, 1.54) is 12.1 Å². The number of unbranched alkanes of at least 4 members (excludes halogenated alkanes) is 2. The standard InChI is InChI=1S/C13H13ClF3NO/c14-6-2-1-3-7-19-12-5-4-10(9-18)8-11(12)13(15,16)17/h4-5,8H,1-3,6-7H2. The highest BCUT2D eigenvalue weighted by Gasteiger charge is 2.34. The van der Waals surface area contributed by atoms with Crippen molar-refractivity contribution in [2.75, 3.05) is 12.5 Å². The molecule has 0 aliphatic rings. The Morgan fingerprint density at radius 1 is 1.21 bits per heavy atom. The van der Waals surface area contributed by atoms with Crippen molar-refractivity contribution in [3.8, 4) is 11.8 Å². The van der Waals surface area contributed by atoms with Gasteiger partial charge in [0.2, 0.25) is 0 Å². The minimum Gasteiger partial charge on any atom is -0.493 e. The number of alkyl halides is 4. The van der Waals surface area contributed by atoms with Crippen LogP contribution in [0.3, 0.4) is 0 Å². The molecule has 0 unspecified atom stereocenters. The first-order valence-corrected chi connectivity index (χ1v) is 6.32. The monoisotopic (exact) mass is 291 g/mol. The molecular formula is C13H13ClF3NO. The number of hydrogen-bond donors (Lipinski definition) is 0. The quantitative estimate of drug-likeness (QED) is 0.576. The van der Waals surface area contributed by atoms with E-state index >= 15 is 0 Å². The number of rotatable bonds is 6. The van der Waals surface area contributed by atoms with E-state index in [1.54, 1.807) is 6.07 Å². The third kappa shape index (κ3) is 4.99. The van der Waals surface area contributed by atoms with Gasteiger partial charge in [0.15, 0.2) is 0 Å². The fraction of sp³-hybridized carbons (Fsp3) is 0.462. The lowest BCUT2D eigenvalue weighted by atomic mass is 10.1. The largest absolute Gasteiger partial charge is 0.493 e. The maximum Gasteiger partial charge on any atom is 0.420 e. The van der Waals surface area contributed by atoms with E-state index in [-0.39, 0.29) is 17.9 Å². The van der Waals surface area contributed by atoms with Gasteiger partial charge in [0, 0.05) is 5.88 Å². The van der Waals surface area contributed by atoms with Crippen molar-refractivity contribution in [1.29, 1.82) is 5.26 Å². The first kappa shape index (κ1) is 15.6. The molecule has 6 heteroatoms. The molecule has 0 atom stereocenters. The number of ether oxygens (including phenoxy) is 1. The van der Waals surface area contributed by atoms with E-state index in [2.05, 4.69) is 0 Å². The van der Waals surface area contributed by atoms with Crippen LogP contribution in [0.15, 0.2) is 18.2 Å². The van der Waals surface area contributed by atoms with Crippen LogP contribution in [0.25, 0.3) is 0 Å². The highest BCUT2D eigenvalue weighted by atomic mass is 35.5. The topological polar surface area (TPSA) is 33.0 Å². The van der Waals surface area contributed by atoms with Gasteiger partial charge < -0.3 is 4.74 Å². The van der Waals surface area contributed by atoms with Gasteiger partial charge in [-0.2, -0.15) is 18.4 Å². The third-order valence-corrected chi connectivity index (χ3v) is 2.72. The molecule has 19 heavy (non-hydrogen) atoms. The molecular weight excluding hydrogens is 279 g/mol. The van der Waals surface area contributed by atoms with Gasteiger partial charge in [0.25, 0.3) is 0 Å². The Morgan fingerprint density at radius 2 is 1.95 bits per heavy atom. The summed E-state index contributed by atoms with van der Waals surface area (Å²) in [7, 11) is 0. The Balaban J connectivity index is 2.74. The molecule has 2 nitrogen and oxygen atoms in total. The molecule has 0 fully saturated rings. The molecule has 104 valence electrons. The minimum atomic E-state index is -4.53. The first-order valence-electron chi connectivity index (χ1n) is 5.79. The maximum atomic E-state index is 12.8. The average molecular weight is 292 g/mol. The summed E-state index contributed by atoms with van der Waals surface area (Å²) in [5.41, 5.74) is -0.953. The predicted octanol–water partition coefficient (Wildman–Crippen LogP) is 4.36. The van der Waals surface area contributed by atoms with Crippen molar-refractivity contribution in [2.24, 2.45) is 0 Å². The molecule has 0 spiro atoms. The summed E-state index contributed by atoms with van der Waals surface area (Å²) < 4.78 is 43.5. The van der Waals surface area contributed by atoms with Crippen LogP contribution in [0.4, 0.5) is 13.2 Å². The third-order valence-electron chi connectivity index (χ3n) is 2.45. The second-order valence-corrected chi connectivity index (χ2v) is 4.30. The van der Waals surface area contributed by atoms with Crippen LogP contribution >= 0.6 is 11.6 Å². The van der Waals surface area contributed by atoms with Gasteiger partial charge in [-0.15, -0.1) is 11.6 Å². The molecule has 0 saturated heterocycles. The van der Waals surface area contributed by atoms with Gasteiger partial charge in [-0.3, -0.25) is 0 Å². The molecule has 0 aliphatic carbocycles. The number of nitrogens with zero attached hydrogens (tertiary/aromatic N) is 1. The fourth-order valence-corrected chi connectivity index (χ4v) is 1.69. The number of hydrogen-bond acceptors (Lipinski definition) is 2. The smallest absolute Gasteiger partial charge is 0.420 e. The molecule has 0 N–H and O–H groups in total. The van der Waals surface area contributed by atoms with Crippen molar-refractivity contribution in [3.05, 3.63) is 29.3 Å². The van der Waals surface area contributed by atoms with E-state index in [4.69, 9.17) is 21.6 Å². The van der Waals surface area contributed by atoms with E-state index in [1.807, 2.05) is 0 Å². The maximum absolute atomic E-state index is 12.8. The SMILES string of the molecule is N#Cc1ccc(OCCCCCCl)c(C(F)(F)F)c1. The summed E-state index contributed by atoms with van der Waals surface area (Å²) in [4.78, 5) is 0. The van der Waals surface area contributed by atoms with Crippen LogP contribution in [-0.4, -0.2) is 12.5 Å². The van der Waals surface area contributed by atoms with Gasteiger partial charge in [0.1, 0.15) is 5.75 Å². The van der Waals surface area contributed by atoms with Crippen LogP contribution < -0.4 is 4.74 Å². The van der Waals surface area contributed by atoms with Gasteiger partial charge in [0.05, 0.1) is 23.8 Å². The van der Waals surface area contributed by atoms with E-state index in [9.17, 15) is 13.2 Å². The van der Waals surface area contributed by atoms with E-state index in [0.29, 0.717) is 12.3 Å². The van der Waals surface area contributed by atoms with E-state index in [0.717, 1.165) is 18.9 Å². The van der Waals surface area contributed by atoms with Gasteiger partial charge in [-0.1, -0.05) is 0 Å². The zero-order valence-corrected chi connectivity index (χ0v) is 10.9. The second kappa shape index (κ2) is 7.25. The Hall–Kier alpha value is -1.41. The van der Waals surface area contributed by atoms with Crippen LogP contribution in [0.2, 0.25) is 0 Å². The van der Waals surface area contributed by atoms with Gasteiger partial charge in [-0.25, -0.2) is 0 Å². The normalized spacial score (nSPS) is 11.1. The molecule has 0 bridgehead atoms. The summed E-state index contributed by atoms with van der Waals surface area (Å²) in [6.45, 7) is 0.200. The highest BCUT2D eigenvalue weighted by Crippen LogP contribution is 2.36. The Labute approximate surface area is 114 Å². The van der Waals surface area contributed by atoms with Crippen LogP contribution in [0, 0.1) is 11.3 Å².